The molecule has 1 aliphatic rings. The molecule has 0 bridgehead atoms. The summed E-state index contributed by atoms with van der Waals surface area (Å²) in [4.78, 5) is 25.0. The highest BCUT2D eigenvalue weighted by molar-refractivity contribution is 5.67. The van der Waals surface area contributed by atoms with E-state index in [4.69, 9.17) is 19.3 Å². The number of nitrogens with one attached hydrogen (secondary N) is 1. The second kappa shape index (κ2) is 22.6. The average Bonchev–Trinajstić information content (AvgIpc) is 3.33. The summed E-state index contributed by atoms with van der Waals surface area (Å²) in [6, 6.07) is 0. The van der Waals surface area contributed by atoms with Crippen molar-refractivity contribution in [2.45, 2.75) is 116 Å². The fraction of sp³-hybridized carbons (Fsp3) is 0.929. The minimum atomic E-state index is -0.481. The molecule has 2 unspecified atom stereocenters. The van der Waals surface area contributed by atoms with Crippen LogP contribution in [0.15, 0.2) is 0 Å². The Labute approximate surface area is 219 Å². The van der Waals surface area contributed by atoms with Crippen LogP contribution in [0.3, 0.4) is 0 Å². The van der Waals surface area contributed by atoms with Gasteiger partial charge in [0.05, 0.1) is 25.9 Å². The van der Waals surface area contributed by atoms with E-state index in [0.29, 0.717) is 26.2 Å². The summed E-state index contributed by atoms with van der Waals surface area (Å²) in [6.07, 6.45) is 19.5. The largest absolute Gasteiger partial charge is 0.449 e. The topological polar surface area (TPSA) is 97.3 Å². The van der Waals surface area contributed by atoms with Gasteiger partial charge < -0.3 is 29.5 Å². The van der Waals surface area contributed by atoms with Crippen molar-refractivity contribution in [1.82, 2.24) is 10.2 Å². The molecule has 8 nitrogen and oxygen atoms in total. The van der Waals surface area contributed by atoms with Crippen LogP contribution in [-0.4, -0.2) is 74.9 Å². The Morgan fingerprint density at radius 3 is 1.97 bits per heavy atom. The van der Waals surface area contributed by atoms with Crippen LogP contribution in [0.2, 0.25) is 0 Å². The summed E-state index contributed by atoms with van der Waals surface area (Å²) >= 11 is 0. The summed E-state index contributed by atoms with van der Waals surface area (Å²) in [5.41, 5.74) is 0. The molecule has 1 fully saturated rings. The molecule has 8 heteroatoms. The highest BCUT2D eigenvalue weighted by atomic mass is 16.6. The van der Waals surface area contributed by atoms with Gasteiger partial charge in [-0.05, 0) is 12.8 Å². The summed E-state index contributed by atoms with van der Waals surface area (Å²) in [6.45, 7) is 4.00. The number of carbonyl (C=O) groups excluding carboxylic acids is 2. The van der Waals surface area contributed by atoms with Crippen LogP contribution in [0, 0.1) is 5.92 Å². The molecule has 0 aromatic rings. The maximum absolute atomic E-state index is 11.9. The number of likely N-dealkylation sites (N-methyl/N-ethyl adjacent to an activating group) is 1. The molecule has 0 radical (unpaired) electrons. The third-order valence-corrected chi connectivity index (χ3v) is 6.80. The fourth-order valence-electron chi connectivity index (χ4n) is 4.46. The van der Waals surface area contributed by atoms with E-state index < -0.39 is 6.09 Å². The lowest BCUT2D eigenvalue weighted by Crippen LogP contribution is -2.32. The van der Waals surface area contributed by atoms with Crippen molar-refractivity contribution in [3.05, 3.63) is 0 Å². The van der Waals surface area contributed by atoms with E-state index in [9.17, 15) is 9.59 Å². The van der Waals surface area contributed by atoms with Crippen LogP contribution < -0.4 is 5.32 Å². The van der Waals surface area contributed by atoms with E-state index in [1.165, 1.54) is 88.4 Å². The zero-order valence-electron chi connectivity index (χ0n) is 23.1. The molecule has 2 N–H and O–H groups in total. The van der Waals surface area contributed by atoms with Crippen LogP contribution in [0.25, 0.3) is 0 Å². The molecule has 1 rings (SSSR count). The molecule has 2 atom stereocenters. The number of aliphatic hydroxyl groups is 1. The number of amides is 2. The Balaban J connectivity index is 1.86. The van der Waals surface area contributed by atoms with Crippen molar-refractivity contribution in [1.29, 1.82) is 0 Å². The fourth-order valence-corrected chi connectivity index (χ4v) is 4.46. The number of aliphatic hydroxyl groups excluding tert-OH is 1. The van der Waals surface area contributed by atoms with Crippen molar-refractivity contribution in [3.63, 3.8) is 0 Å². The van der Waals surface area contributed by atoms with Gasteiger partial charge in [-0.25, -0.2) is 9.59 Å². The zero-order chi connectivity index (χ0) is 26.3. The zero-order valence-corrected chi connectivity index (χ0v) is 23.1. The van der Waals surface area contributed by atoms with Crippen LogP contribution in [0.1, 0.15) is 110 Å². The molecule has 212 valence electrons. The first-order valence-electron chi connectivity index (χ1n) is 14.6. The van der Waals surface area contributed by atoms with E-state index in [0.717, 1.165) is 12.8 Å². The minimum absolute atomic E-state index is 0.105. The molecule has 36 heavy (non-hydrogen) atoms. The van der Waals surface area contributed by atoms with Crippen LogP contribution in [0.5, 0.6) is 0 Å². The van der Waals surface area contributed by atoms with Crippen molar-refractivity contribution in [3.8, 4) is 0 Å². The highest BCUT2D eigenvalue weighted by Crippen LogP contribution is 2.20. The average molecular weight is 515 g/mol. The number of ether oxygens (including phenoxy) is 3. The lowest BCUT2D eigenvalue weighted by atomic mass is 10.0. The molecule has 1 heterocycles. The van der Waals surface area contributed by atoms with Gasteiger partial charge in [0, 0.05) is 26.1 Å². The SMILES string of the molecule is CCCCCCCCCCCCCCCCCNC(=O)OCC1COC(COC(=O)N(C)CCO)C1. The molecule has 0 aromatic carbocycles. The van der Waals surface area contributed by atoms with Gasteiger partial charge >= 0.3 is 12.2 Å². The Kier molecular flexibility index (Phi) is 20.4. The van der Waals surface area contributed by atoms with E-state index in [1.54, 1.807) is 7.05 Å². The first kappa shape index (κ1) is 32.5. The van der Waals surface area contributed by atoms with E-state index in [2.05, 4.69) is 12.2 Å². The first-order chi connectivity index (χ1) is 17.6. The molecule has 0 saturated carbocycles. The lowest BCUT2D eigenvalue weighted by Gasteiger charge is -2.17. The predicted molar refractivity (Wildman–Crippen MR) is 143 cm³/mol. The highest BCUT2D eigenvalue weighted by Gasteiger charge is 2.28. The number of nitrogens with zero attached hydrogens (tertiary/aromatic N) is 1. The van der Waals surface area contributed by atoms with Crippen molar-refractivity contribution >= 4 is 12.2 Å². The van der Waals surface area contributed by atoms with Gasteiger partial charge in [0.1, 0.15) is 6.61 Å². The van der Waals surface area contributed by atoms with Crippen molar-refractivity contribution in [2.75, 3.05) is 46.6 Å². The summed E-state index contributed by atoms with van der Waals surface area (Å²) in [5.74, 6) is 0.111. The molecule has 1 aliphatic heterocycles. The second-order valence-corrected chi connectivity index (χ2v) is 10.3. The van der Waals surface area contributed by atoms with Crippen LogP contribution >= 0.6 is 0 Å². The van der Waals surface area contributed by atoms with Crippen LogP contribution in [-0.2, 0) is 14.2 Å². The van der Waals surface area contributed by atoms with Gasteiger partial charge in [-0.2, -0.15) is 0 Å². The summed E-state index contributed by atoms with van der Waals surface area (Å²) in [5, 5.41) is 11.7. The maximum Gasteiger partial charge on any atom is 0.409 e. The third-order valence-electron chi connectivity index (χ3n) is 6.80. The molecule has 0 spiro atoms. The Morgan fingerprint density at radius 1 is 0.861 bits per heavy atom. The Hall–Kier alpha value is -1.54. The lowest BCUT2D eigenvalue weighted by molar-refractivity contribution is 0.0295. The van der Waals surface area contributed by atoms with Gasteiger partial charge in [-0.1, -0.05) is 96.8 Å². The van der Waals surface area contributed by atoms with Crippen LogP contribution in [0.4, 0.5) is 9.59 Å². The Bertz CT molecular complexity index is 548. The van der Waals surface area contributed by atoms with Crippen molar-refractivity contribution in [2.24, 2.45) is 5.92 Å². The quantitative estimate of drug-likeness (QED) is 0.171. The number of hydrogen-bond acceptors (Lipinski definition) is 6. The van der Waals surface area contributed by atoms with Crippen molar-refractivity contribution < 1.29 is 28.9 Å². The van der Waals surface area contributed by atoms with E-state index in [-0.39, 0.29) is 37.9 Å². The predicted octanol–water partition coefficient (Wildman–Crippen LogP) is 6.05. The molecule has 0 aromatic heterocycles. The van der Waals surface area contributed by atoms with E-state index in [1.807, 2.05) is 0 Å². The number of rotatable bonds is 22. The summed E-state index contributed by atoms with van der Waals surface area (Å²) in [7, 11) is 1.57. The van der Waals surface area contributed by atoms with Gasteiger partial charge in [-0.15, -0.1) is 0 Å². The number of carbonyl (C=O) groups is 2. The second-order valence-electron chi connectivity index (χ2n) is 10.3. The molecule has 1 saturated heterocycles. The smallest absolute Gasteiger partial charge is 0.409 e. The number of hydrogen-bond donors (Lipinski definition) is 2. The maximum atomic E-state index is 11.9. The molecule has 2 amide bonds. The number of alkyl carbamates (subject to hydrolysis) is 1. The van der Waals surface area contributed by atoms with Gasteiger partial charge in [0.2, 0.25) is 0 Å². The normalized spacial score (nSPS) is 17.2. The minimum Gasteiger partial charge on any atom is -0.449 e. The summed E-state index contributed by atoms with van der Waals surface area (Å²) < 4.78 is 16.1. The molecular weight excluding hydrogens is 460 g/mol. The number of unbranched alkanes of at least 4 members (excludes halogenated alkanes) is 14. The molecule has 0 aliphatic carbocycles. The van der Waals surface area contributed by atoms with Gasteiger partial charge in [0.15, 0.2) is 0 Å². The van der Waals surface area contributed by atoms with Gasteiger partial charge in [0.25, 0.3) is 0 Å². The van der Waals surface area contributed by atoms with E-state index >= 15 is 0 Å². The monoisotopic (exact) mass is 514 g/mol. The Morgan fingerprint density at radius 2 is 1.42 bits per heavy atom. The third kappa shape index (κ3) is 17.8. The first-order valence-corrected chi connectivity index (χ1v) is 14.6. The standard InChI is InChI=1S/C28H54N2O6/c1-3-4-5-6-7-8-9-10-11-12-13-14-15-16-17-18-29-27(32)35-23-25-21-26(34-22-25)24-36-28(33)30(2)19-20-31/h25-26,31H,3-24H2,1-2H3,(H,29,32). The van der Waals surface area contributed by atoms with Gasteiger partial charge in [-0.3, -0.25) is 0 Å². The molecular formula is C28H54N2O6.